The number of amides is 1. The molecule has 0 fully saturated rings. The number of anilines is 2. The minimum absolute atomic E-state index is 0.262. The van der Waals surface area contributed by atoms with Gasteiger partial charge in [-0.2, -0.15) is 0 Å². The van der Waals surface area contributed by atoms with Gasteiger partial charge in [0.1, 0.15) is 5.75 Å². The van der Waals surface area contributed by atoms with E-state index >= 15 is 0 Å². The van der Waals surface area contributed by atoms with Crippen molar-refractivity contribution in [2.75, 3.05) is 17.7 Å². The molecule has 2 aromatic carbocycles. The highest BCUT2D eigenvalue weighted by atomic mass is 35.5. The molecule has 0 aliphatic heterocycles. The number of halogens is 1. The first-order valence-corrected chi connectivity index (χ1v) is 8.41. The molecule has 6 heteroatoms. The van der Waals surface area contributed by atoms with Gasteiger partial charge in [0.15, 0.2) is 0 Å². The number of ether oxygens (including phenoxy) is 1. The summed E-state index contributed by atoms with van der Waals surface area (Å²) in [6.45, 7) is 0.654. The second kappa shape index (κ2) is 8.36. The molecule has 5 nitrogen and oxygen atoms in total. The van der Waals surface area contributed by atoms with Crippen molar-refractivity contribution in [3.05, 3.63) is 83.1 Å². The van der Waals surface area contributed by atoms with Gasteiger partial charge in [-0.15, -0.1) is 0 Å². The van der Waals surface area contributed by atoms with Crippen molar-refractivity contribution in [2.24, 2.45) is 0 Å². The molecular weight excluding hydrogens is 350 g/mol. The van der Waals surface area contributed by atoms with Crippen LogP contribution in [0.5, 0.6) is 5.75 Å². The van der Waals surface area contributed by atoms with Crippen LogP contribution in [0.4, 0.5) is 11.4 Å². The van der Waals surface area contributed by atoms with Crippen LogP contribution in [-0.4, -0.2) is 18.0 Å². The van der Waals surface area contributed by atoms with Crippen LogP contribution in [0.2, 0.25) is 5.02 Å². The second-order valence-corrected chi connectivity index (χ2v) is 6.01. The van der Waals surface area contributed by atoms with Gasteiger partial charge >= 0.3 is 0 Å². The molecule has 26 heavy (non-hydrogen) atoms. The molecule has 2 N–H and O–H groups in total. The van der Waals surface area contributed by atoms with E-state index in [4.69, 9.17) is 16.3 Å². The zero-order valence-corrected chi connectivity index (χ0v) is 15.0. The van der Waals surface area contributed by atoms with E-state index in [2.05, 4.69) is 15.6 Å². The molecule has 0 saturated heterocycles. The van der Waals surface area contributed by atoms with Gasteiger partial charge < -0.3 is 15.4 Å². The molecule has 0 atom stereocenters. The molecule has 3 rings (SSSR count). The van der Waals surface area contributed by atoms with Gasteiger partial charge in [-0.25, -0.2) is 0 Å². The summed E-state index contributed by atoms with van der Waals surface area (Å²) in [4.78, 5) is 16.6. The SMILES string of the molecule is COc1ccc(NC(=O)c2cncc(NCc3ccccc3)c2)cc1Cl. The number of hydrogen-bond donors (Lipinski definition) is 2. The van der Waals surface area contributed by atoms with Gasteiger partial charge in [0.2, 0.25) is 0 Å². The van der Waals surface area contributed by atoms with Crippen LogP contribution in [0.3, 0.4) is 0 Å². The summed E-state index contributed by atoms with van der Waals surface area (Å²) in [5.74, 6) is 0.292. The van der Waals surface area contributed by atoms with Crippen molar-refractivity contribution in [2.45, 2.75) is 6.54 Å². The van der Waals surface area contributed by atoms with E-state index in [1.54, 1.807) is 37.6 Å². The number of aromatic nitrogens is 1. The average Bonchev–Trinajstić information content (AvgIpc) is 2.67. The van der Waals surface area contributed by atoms with Gasteiger partial charge in [0, 0.05) is 24.6 Å². The Hall–Kier alpha value is -3.05. The van der Waals surface area contributed by atoms with Crippen molar-refractivity contribution >= 4 is 28.9 Å². The third-order valence-electron chi connectivity index (χ3n) is 3.75. The number of hydrogen-bond acceptors (Lipinski definition) is 4. The van der Waals surface area contributed by atoms with Crippen LogP contribution in [0, 0.1) is 0 Å². The van der Waals surface area contributed by atoms with E-state index < -0.39 is 0 Å². The Morgan fingerprint density at radius 2 is 1.88 bits per heavy atom. The number of benzene rings is 2. The van der Waals surface area contributed by atoms with Crippen molar-refractivity contribution in [3.63, 3.8) is 0 Å². The first kappa shape index (κ1) is 17.8. The highest BCUT2D eigenvalue weighted by molar-refractivity contribution is 6.32. The van der Waals surface area contributed by atoms with Crippen LogP contribution >= 0.6 is 11.6 Å². The Balaban J connectivity index is 1.67. The molecule has 1 heterocycles. The van der Waals surface area contributed by atoms with Crippen molar-refractivity contribution in [3.8, 4) is 5.75 Å². The summed E-state index contributed by atoms with van der Waals surface area (Å²) < 4.78 is 5.11. The first-order chi connectivity index (χ1) is 12.7. The number of pyridine rings is 1. The highest BCUT2D eigenvalue weighted by Crippen LogP contribution is 2.27. The normalized spacial score (nSPS) is 10.2. The molecule has 1 amide bonds. The summed E-state index contributed by atoms with van der Waals surface area (Å²) >= 11 is 6.09. The van der Waals surface area contributed by atoms with E-state index in [0.717, 1.165) is 11.3 Å². The van der Waals surface area contributed by atoms with E-state index in [1.165, 1.54) is 6.20 Å². The van der Waals surface area contributed by atoms with Gasteiger partial charge in [0.25, 0.3) is 5.91 Å². The first-order valence-electron chi connectivity index (χ1n) is 8.03. The van der Waals surface area contributed by atoms with Crippen LogP contribution in [-0.2, 0) is 6.54 Å². The summed E-state index contributed by atoms with van der Waals surface area (Å²) in [6.07, 6.45) is 3.21. The average molecular weight is 368 g/mol. The van der Waals surface area contributed by atoms with Crippen molar-refractivity contribution < 1.29 is 9.53 Å². The lowest BCUT2D eigenvalue weighted by Crippen LogP contribution is -2.13. The lowest BCUT2D eigenvalue weighted by Gasteiger charge is -2.10. The van der Waals surface area contributed by atoms with E-state index in [1.807, 2.05) is 30.3 Å². The zero-order valence-electron chi connectivity index (χ0n) is 14.2. The number of carbonyl (C=O) groups is 1. The molecule has 0 bridgehead atoms. The fourth-order valence-corrected chi connectivity index (χ4v) is 2.67. The molecule has 3 aromatic rings. The second-order valence-electron chi connectivity index (χ2n) is 5.60. The van der Waals surface area contributed by atoms with Crippen LogP contribution in [0.15, 0.2) is 67.0 Å². The standard InChI is InChI=1S/C20H18ClN3O2/c1-26-19-8-7-16(10-18(19)21)24-20(25)15-9-17(13-22-12-15)23-11-14-5-3-2-4-6-14/h2-10,12-13,23H,11H2,1H3,(H,24,25). The molecule has 0 saturated carbocycles. The molecule has 0 radical (unpaired) electrons. The Bertz CT molecular complexity index is 901. The van der Waals surface area contributed by atoms with Crippen LogP contribution < -0.4 is 15.4 Å². The summed E-state index contributed by atoms with van der Waals surface area (Å²) in [6, 6.07) is 16.8. The molecule has 1 aromatic heterocycles. The predicted octanol–water partition coefficient (Wildman–Crippen LogP) is 4.61. The number of methoxy groups -OCH3 is 1. The topological polar surface area (TPSA) is 63.2 Å². The van der Waals surface area contributed by atoms with Gasteiger partial charge in [-0.3, -0.25) is 9.78 Å². The molecule has 132 valence electrons. The monoisotopic (exact) mass is 367 g/mol. The minimum atomic E-state index is -0.262. The van der Waals surface area contributed by atoms with Crippen molar-refractivity contribution in [1.82, 2.24) is 4.98 Å². The number of carbonyl (C=O) groups excluding carboxylic acids is 1. The van der Waals surface area contributed by atoms with Gasteiger partial charge in [-0.05, 0) is 29.8 Å². The Morgan fingerprint density at radius 3 is 2.62 bits per heavy atom. The highest BCUT2D eigenvalue weighted by Gasteiger charge is 2.09. The summed E-state index contributed by atoms with van der Waals surface area (Å²) in [7, 11) is 1.54. The third-order valence-corrected chi connectivity index (χ3v) is 4.04. The quantitative estimate of drug-likeness (QED) is 0.668. The maximum Gasteiger partial charge on any atom is 0.257 e. The largest absolute Gasteiger partial charge is 0.495 e. The lowest BCUT2D eigenvalue weighted by atomic mass is 10.2. The predicted molar refractivity (Wildman–Crippen MR) is 104 cm³/mol. The number of nitrogens with one attached hydrogen (secondary N) is 2. The minimum Gasteiger partial charge on any atom is -0.495 e. The summed E-state index contributed by atoms with van der Waals surface area (Å²) in [5.41, 5.74) is 2.96. The zero-order chi connectivity index (χ0) is 18.4. The lowest BCUT2D eigenvalue weighted by molar-refractivity contribution is 0.102. The molecular formula is C20H18ClN3O2. The van der Waals surface area contributed by atoms with Crippen LogP contribution in [0.25, 0.3) is 0 Å². The molecule has 0 spiro atoms. The Labute approximate surface area is 157 Å². The van der Waals surface area contributed by atoms with Gasteiger partial charge in [0.05, 0.1) is 23.4 Å². The van der Waals surface area contributed by atoms with Crippen LogP contribution in [0.1, 0.15) is 15.9 Å². The third kappa shape index (κ3) is 4.52. The van der Waals surface area contributed by atoms with Gasteiger partial charge in [-0.1, -0.05) is 41.9 Å². The summed E-state index contributed by atoms with van der Waals surface area (Å²) in [5, 5.41) is 6.50. The smallest absolute Gasteiger partial charge is 0.257 e. The maximum absolute atomic E-state index is 12.5. The Kier molecular flexibility index (Phi) is 5.71. The Morgan fingerprint density at radius 1 is 1.08 bits per heavy atom. The molecule has 0 unspecified atom stereocenters. The molecule has 0 aliphatic rings. The number of rotatable bonds is 6. The van der Waals surface area contributed by atoms with E-state index in [9.17, 15) is 4.79 Å². The number of nitrogens with zero attached hydrogens (tertiary/aromatic N) is 1. The van der Waals surface area contributed by atoms with Crippen molar-refractivity contribution in [1.29, 1.82) is 0 Å². The fraction of sp³-hybridized carbons (Fsp3) is 0.100. The maximum atomic E-state index is 12.5. The van der Waals surface area contributed by atoms with E-state index in [-0.39, 0.29) is 5.91 Å². The molecule has 0 aliphatic carbocycles. The fourth-order valence-electron chi connectivity index (χ4n) is 2.41. The van der Waals surface area contributed by atoms with E-state index in [0.29, 0.717) is 28.6 Å².